The van der Waals surface area contributed by atoms with Crippen LogP contribution in [-0.4, -0.2) is 44.2 Å². The third kappa shape index (κ3) is 4.44. The lowest BCUT2D eigenvalue weighted by Gasteiger charge is -2.10. The van der Waals surface area contributed by atoms with Crippen LogP contribution < -0.4 is 9.47 Å². The van der Waals surface area contributed by atoms with E-state index < -0.39 is 21.1 Å². The highest BCUT2D eigenvalue weighted by Gasteiger charge is 2.27. The van der Waals surface area contributed by atoms with Gasteiger partial charge in [0.15, 0.2) is 15.1 Å². The summed E-state index contributed by atoms with van der Waals surface area (Å²) in [4.78, 5) is 10.6. The predicted octanol–water partition coefficient (Wildman–Crippen LogP) is 0.962. The van der Waals surface area contributed by atoms with Gasteiger partial charge in [-0.2, -0.15) is 0 Å². The second-order valence-corrected chi connectivity index (χ2v) is 6.31. The van der Waals surface area contributed by atoms with Crippen molar-refractivity contribution in [3.05, 3.63) is 24.3 Å². The minimum Gasteiger partial charge on any atom is -0.497 e. The Bertz CT molecular complexity index is 520. The van der Waals surface area contributed by atoms with Crippen molar-refractivity contribution in [2.45, 2.75) is 12.2 Å². The van der Waals surface area contributed by atoms with Crippen LogP contribution in [0.4, 0.5) is 0 Å². The Morgan fingerprint density at radius 3 is 2.26 bits per heavy atom. The van der Waals surface area contributed by atoms with Crippen molar-refractivity contribution in [1.82, 2.24) is 0 Å². The lowest BCUT2D eigenvalue weighted by molar-refractivity contribution is -0.136. The lowest BCUT2D eigenvalue weighted by Crippen LogP contribution is -2.31. The Morgan fingerprint density at radius 2 is 1.79 bits per heavy atom. The smallest absolute Gasteiger partial charge is 0.321 e. The molecule has 1 N–H and O–H groups in total. The van der Waals surface area contributed by atoms with Crippen molar-refractivity contribution in [3.8, 4) is 11.5 Å². The van der Waals surface area contributed by atoms with E-state index >= 15 is 0 Å². The summed E-state index contributed by atoms with van der Waals surface area (Å²) in [6, 6.07) is 6.66. The first kappa shape index (κ1) is 15.3. The average Bonchev–Trinajstić information content (AvgIpc) is 2.38. The number of aliphatic carboxylic acids is 1. The van der Waals surface area contributed by atoms with Crippen LogP contribution in [0.5, 0.6) is 11.5 Å². The molecule has 0 radical (unpaired) electrons. The monoisotopic (exact) mass is 288 g/mol. The van der Waals surface area contributed by atoms with Gasteiger partial charge in [-0.15, -0.1) is 0 Å². The molecule has 1 aromatic rings. The fourth-order valence-electron chi connectivity index (χ4n) is 1.28. The first-order chi connectivity index (χ1) is 8.86. The molecule has 0 aromatic heterocycles. The van der Waals surface area contributed by atoms with Crippen LogP contribution >= 0.6 is 0 Å². The zero-order chi connectivity index (χ0) is 14.5. The third-order valence-corrected chi connectivity index (χ3v) is 4.60. The summed E-state index contributed by atoms with van der Waals surface area (Å²) in [6.45, 7) is 1.05. The summed E-state index contributed by atoms with van der Waals surface area (Å²) in [6.07, 6.45) is 0. The Labute approximate surface area is 111 Å². The number of carbonyl (C=O) groups is 1. The molecule has 0 saturated heterocycles. The van der Waals surface area contributed by atoms with Crippen molar-refractivity contribution in [3.63, 3.8) is 0 Å². The molecule has 0 saturated carbocycles. The van der Waals surface area contributed by atoms with Gasteiger partial charge in [0, 0.05) is 0 Å². The summed E-state index contributed by atoms with van der Waals surface area (Å²) in [5.41, 5.74) is 0. The molecule has 1 atom stereocenters. The maximum atomic E-state index is 11.6. The molecule has 1 aromatic carbocycles. The number of ether oxygens (including phenoxy) is 2. The van der Waals surface area contributed by atoms with E-state index in [1.807, 2.05) is 0 Å². The minimum absolute atomic E-state index is 0.0910. The van der Waals surface area contributed by atoms with E-state index in [9.17, 15) is 13.2 Å². The molecule has 0 aliphatic carbocycles. The van der Waals surface area contributed by atoms with Crippen LogP contribution in [0.15, 0.2) is 24.3 Å². The summed E-state index contributed by atoms with van der Waals surface area (Å²) in [5.74, 6) is -0.533. The number of sulfone groups is 1. The van der Waals surface area contributed by atoms with Gasteiger partial charge in [-0.05, 0) is 31.2 Å². The zero-order valence-electron chi connectivity index (χ0n) is 10.7. The number of rotatable bonds is 7. The Kier molecular flexibility index (Phi) is 5.17. The van der Waals surface area contributed by atoms with E-state index in [2.05, 4.69) is 0 Å². The van der Waals surface area contributed by atoms with Gasteiger partial charge in [0.05, 0.1) is 12.9 Å². The number of benzene rings is 1. The van der Waals surface area contributed by atoms with Gasteiger partial charge < -0.3 is 14.6 Å². The quantitative estimate of drug-likeness (QED) is 0.803. The summed E-state index contributed by atoms with van der Waals surface area (Å²) in [5, 5.41) is 7.23. The summed E-state index contributed by atoms with van der Waals surface area (Å²) in [7, 11) is -2.15. The van der Waals surface area contributed by atoms with Crippen LogP contribution in [-0.2, 0) is 14.6 Å². The number of carboxylic acid groups (broad SMARTS) is 1. The predicted molar refractivity (Wildman–Crippen MR) is 69.4 cm³/mol. The number of hydrogen-bond donors (Lipinski definition) is 1. The van der Waals surface area contributed by atoms with Gasteiger partial charge in [0.1, 0.15) is 18.1 Å². The summed E-state index contributed by atoms with van der Waals surface area (Å²) >= 11 is 0. The van der Waals surface area contributed by atoms with Crippen molar-refractivity contribution in [1.29, 1.82) is 0 Å². The molecule has 0 amide bonds. The van der Waals surface area contributed by atoms with Gasteiger partial charge in [-0.1, -0.05) is 0 Å². The molecule has 0 bridgehead atoms. The Morgan fingerprint density at radius 1 is 1.26 bits per heavy atom. The van der Waals surface area contributed by atoms with Crippen molar-refractivity contribution < 1.29 is 27.8 Å². The van der Waals surface area contributed by atoms with Crippen LogP contribution in [0.2, 0.25) is 0 Å². The van der Waals surface area contributed by atoms with Crippen molar-refractivity contribution in [2.75, 3.05) is 19.5 Å². The number of carboxylic acids is 1. The molecule has 6 nitrogen and oxygen atoms in total. The van der Waals surface area contributed by atoms with Crippen LogP contribution in [0.25, 0.3) is 0 Å². The maximum absolute atomic E-state index is 11.6. The highest BCUT2D eigenvalue weighted by atomic mass is 32.2. The van der Waals surface area contributed by atoms with E-state index in [1.54, 1.807) is 24.3 Å². The van der Waals surface area contributed by atoms with Crippen molar-refractivity contribution in [2.24, 2.45) is 0 Å². The molecule has 7 heteroatoms. The van der Waals surface area contributed by atoms with Gasteiger partial charge in [0.2, 0.25) is 0 Å². The lowest BCUT2D eigenvalue weighted by atomic mass is 10.3. The second-order valence-electron chi connectivity index (χ2n) is 3.87. The summed E-state index contributed by atoms with van der Waals surface area (Å²) < 4.78 is 33.4. The molecule has 106 valence electrons. The Balaban J connectivity index is 2.51. The maximum Gasteiger partial charge on any atom is 0.321 e. The molecule has 1 unspecified atom stereocenters. The number of hydrogen-bond acceptors (Lipinski definition) is 5. The van der Waals surface area contributed by atoms with E-state index in [0.717, 1.165) is 6.92 Å². The first-order valence-corrected chi connectivity index (χ1v) is 7.29. The minimum atomic E-state index is -3.69. The van der Waals surface area contributed by atoms with Gasteiger partial charge in [-0.25, -0.2) is 8.42 Å². The van der Waals surface area contributed by atoms with Gasteiger partial charge in [0.25, 0.3) is 0 Å². The Hall–Kier alpha value is -1.76. The molecule has 1 rings (SSSR count). The van der Waals surface area contributed by atoms with E-state index in [4.69, 9.17) is 14.6 Å². The SMILES string of the molecule is COc1ccc(OCCS(=O)(=O)C(C)C(=O)O)cc1. The zero-order valence-corrected chi connectivity index (χ0v) is 11.5. The molecular formula is C12H16O6S. The first-order valence-electron chi connectivity index (χ1n) is 5.58. The van der Waals surface area contributed by atoms with Crippen LogP contribution in [0.1, 0.15) is 6.92 Å². The molecule has 0 heterocycles. The van der Waals surface area contributed by atoms with E-state index in [0.29, 0.717) is 11.5 Å². The van der Waals surface area contributed by atoms with Crippen molar-refractivity contribution >= 4 is 15.8 Å². The second kappa shape index (κ2) is 6.42. The normalized spacial score (nSPS) is 12.7. The molecule has 0 aliphatic heterocycles. The number of methoxy groups -OCH3 is 1. The van der Waals surface area contributed by atoms with Crippen LogP contribution in [0, 0.1) is 0 Å². The van der Waals surface area contributed by atoms with Gasteiger partial charge >= 0.3 is 5.97 Å². The van der Waals surface area contributed by atoms with Gasteiger partial charge in [-0.3, -0.25) is 4.79 Å². The van der Waals surface area contributed by atoms with E-state index in [1.165, 1.54) is 7.11 Å². The molecular weight excluding hydrogens is 272 g/mol. The molecule has 0 spiro atoms. The fraction of sp³-hybridized carbons (Fsp3) is 0.417. The fourth-order valence-corrected chi connectivity index (χ4v) is 2.25. The average molecular weight is 288 g/mol. The molecule has 0 fully saturated rings. The molecule has 19 heavy (non-hydrogen) atoms. The highest BCUT2D eigenvalue weighted by molar-refractivity contribution is 7.92. The highest BCUT2D eigenvalue weighted by Crippen LogP contribution is 2.17. The standard InChI is InChI=1S/C12H16O6S/c1-9(12(13)14)19(15,16)8-7-18-11-5-3-10(17-2)4-6-11/h3-6,9H,7-8H2,1-2H3,(H,13,14). The molecule has 0 aliphatic rings. The largest absolute Gasteiger partial charge is 0.497 e. The van der Waals surface area contributed by atoms with Crippen LogP contribution in [0.3, 0.4) is 0 Å². The van der Waals surface area contributed by atoms with E-state index in [-0.39, 0.29) is 12.4 Å². The third-order valence-electron chi connectivity index (χ3n) is 2.58. The topological polar surface area (TPSA) is 89.9 Å².